The van der Waals surface area contributed by atoms with E-state index < -0.39 is 4.32 Å². The molecule has 2 aromatic carbocycles. The van der Waals surface area contributed by atoms with Crippen molar-refractivity contribution in [3.63, 3.8) is 0 Å². The number of likely N-dealkylation sites (tertiary alicyclic amines) is 1. The van der Waals surface area contributed by atoms with Gasteiger partial charge in [0.25, 0.3) is 0 Å². The van der Waals surface area contributed by atoms with Crippen molar-refractivity contribution < 1.29 is 4.79 Å². The number of rotatable bonds is 3. The monoisotopic (exact) mass is 437 g/mol. The maximum atomic E-state index is 13.1. The maximum absolute atomic E-state index is 13.1. The zero-order valence-corrected chi connectivity index (χ0v) is 16.4. The molecule has 2 atom stereocenters. The van der Waals surface area contributed by atoms with E-state index in [1.54, 1.807) is 0 Å². The van der Waals surface area contributed by atoms with E-state index in [4.69, 9.17) is 0 Å². The first kappa shape index (κ1) is 18.4. The Labute approximate surface area is 156 Å². The summed E-state index contributed by atoms with van der Waals surface area (Å²) in [4.78, 5) is 15.4. The van der Waals surface area contributed by atoms with Crippen LogP contribution in [0, 0.1) is 0 Å². The molecule has 2 unspecified atom stereocenters. The second-order valence-electron chi connectivity index (χ2n) is 6.03. The van der Waals surface area contributed by atoms with Crippen LogP contribution in [0.1, 0.15) is 28.3 Å². The molecule has 0 saturated carbocycles. The molecule has 0 N–H and O–H groups in total. The van der Waals surface area contributed by atoms with Crippen LogP contribution in [-0.2, 0) is 0 Å². The number of carbonyl (C=O) groups is 1. The standard InChI is InChI=1S/C19H20BrNO.BrH/c1-21-13-12-19(20,18(22)16-10-6-3-7-11-16)17(14-21)15-8-4-2-5-9-15;/h2-11,17H,12-14H2,1H3;1H. The Balaban J connectivity index is 0.00000192. The normalized spacial score (nSPS) is 24.7. The quantitative estimate of drug-likeness (QED) is 0.511. The molecule has 0 amide bonds. The highest BCUT2D eigenvalue weighted by Crippen LogP contribution is 2.44. The molecule has 0 spiro atoms. The predicted octanol–water partition coefficient (Wildman–Crippen LogP) is 4.70. The molecule has 4 heteroatoms. The van der Waals surface area contributed by atoms with Gasteiger partial charge in [0.1, 0.15) is 0 Å². The smallest absolute Gasteiger partial charge is 0.180 e. The molecule has 1 heterocycles. The van der Waals surface area contributed by atoms with Gasteiger partial charge in [-0.05, 0) is 25.6 Å². The number of halogens is 2. The summed E-state index contributed by atoms with van der Waals surface area (Å²) in [5.74, 6) is 0.343. The molecule has 0 aliphatic carbocycles. The van der Waals surface area contributed by atoms with Gasteiger partial charge in [-0.25, -0.2) is 0 Å². The molecule has 1 fully saturated rings. The Hall–Kier alpha value is -0.970. The molecule has 23 heavy (non-hydrogen) atoms. The van der Waals surface area contributed by atoms with Crippen molar-refractivity contribution in [1.82, 2.24) is 4.90 Å². The fourth-order valence-corrected chi connectivity index (χ4v) is 4.05. The summed E-state index contributed by atoms with van der Waals surface area (Å²) in [5.41, 5.74) is 2.00. The summed E-state index contributed by atoms with van der Waals surface area (Å²) >= 11 is 3.85. The Morgan fingerprint density at radius 1 is 1.09 bits per heavy atom. The minimum atomic E-state index is -0.526. The lowest BCUT2D eigenvalue weighted by Crippen LogP contribution is -2.50. The molecule has 1 aliphatic heterocycles. The van der Waals surface area contributed by atoms with Crippen molar-refractivity contribution in [2.75, 3.05) is 20.1 Å². The number of hydrogen-bond donors (Lipinski definition) is 0. The van der Waals surface area contributed by atoms with E-state index in [1.165, 1.54) is 5.56 Å². The van der Waals surface area contributed by atoms with Crippen LogP contribution in [0.15, 0.2) is 60.7 Å². The molecular weight excluding hydrogens is 418 g/mol. The lowest BCUT2D eigenvalue weighted by molar-refractivity contribution is 0.0874. The summed E-state index contributed by atoms with van der Waals surface area (Å²) in [6.45, 7) is 1.81. The molecule has 0 radical (unpaired) electrons. The van der Waals surface area contributed by atoms with Gasteiger partial charge in [-0.1, -0.05) is 76.6 Å². The second-order valence-corrected chi connectivity index (χ2v) is 7.45. The predicted molar refractivity (Wildman–Crippen MR) is 104 cm³/mol. The van der Waals surface area contributed by atoms with Gasteiger partial charge in [0.15, 0.2) is 5.78 Å². The van der Waals surface area contributed by atoms with Crippen LogP contribution in [0.5, 0.6) is 0 Å². The average molecular weight is 439 g/mol. The van der Waals surface area contributed by atoms with E-state index in [0.29, 0.717) is 0 Å². The molecule has 0 aromatic heterocycles. The minimum Gasteiger partial charge on any atom is -0.306 e. The van der Waals surface area contributed by atoms with Crippen molar-refractivity contribution in [3.05, 3.63) is 71.8 Å². The van der Waals surface area contributed by atoms with E-state index in [0.717, 1.165) is 25.1 Å². The molecule has 1 aliphatic rings. The summed E-state index contributed by atoms with van der Waals surface area (Å²) < 4.78 is -0.526. The van der Waals surface area contributed by atoms with Gasteiger partial charge in [-0.2, -0.15) is 0 Å². The molecule has 2 aromatic rings. The minimum absolute atomic E-state index is 0. The first-order chi connectivity index (χ1) is 10.6. The number of benzene rings is 2. The third-order valence-corrected chi connectivity index (χ3v) is 5.83. The Kier molecular flexibility index (Phi) is 6.18. The first-order valence-electron chi connectivity index (χ1n) is 7.63. The van der Waals surface area contributed by atoms with E-state index in [-0.39, 0.29) is 28.7 Å². The number of nitrogens with zero attached hydrogens (tertiary/aromatic N) is 1. The number of likely N-dealkylation sites (N-methyl/N-ethyl adjacent to an activating group) is 1. The van der Waals surface area contributed by atoms with Gasteiger partial charge < -0.3 is 4.90 Å². The Bertz CT molecular complexity index is 647. The summed E-state index contributed by atoms with van der Waals surface area (Å²) in [5, 5.41) is 0. The van der Waals surface area contributed by atoms with Crippen molar-refractivity contribution in [1.29, 1.82) is 0 Å². The van der Waals surface area contributed by atoms with Crippen molar-refractivity contribution in [3.8, 4) is 0 Å². The summed E-state index contributed by atoms with van der Waals surface area (Å²) in [6.07, 6.45) is 0.816. The van der Waals surface area contributed by atoms with Crippen LogP contribution in [0.25, 0.3) is 0 Å². The average Bonchev–Trinajstić information content (AvgIpc) is 2.58. The number of ketones is 1. The lowest BCUT2D eigenvalue weighted by atomic mass is 9.76. The van der Waals surface area contributed by atoms with E-state index in [1.807, 2.05) is 48.5 Å². The molecule has 1 saturated heterocycles. The second kappa shape index (κ2) is 7.73. The van der Waals surface area contributed by atoms with Crippen LogP contribution in [0.4, 0.5) is 0 Å². The van der Waals surface area contributed by atoms with Gasteiger partial charge in [-0.15, -0.1) is 17.0 Å². The van der Waals surface area contributed by atoms with Crippen LogP contribution in [0.3, 0.4) is 0 Å². The molecular formula is C19H21Br2NO. The molecule has 122 valence electrons. The third kappa shape index (κ3) is 3.76. The van der Waals surface area contributed by atoms with E-state index in [2.05, 4.69) is 40.0 Å². The summed E-state index contributed by atoms with van der Waals surface area (Å²) in [6, 6.07) is 20.0. The van der Waals surface area contributed by atoms with Crippen LogP contribution in [0.2, 0.25) is 0 Å². The Morgan fingerprint density at radius 2 is 1.65 bits per heavy atom. The highest BCUT2D eigenvalue weighted by molar-refractivity contribution is 9.10. The van der Waals surface area contributed by atoms with Crippen molar-refractivity contribution >= 4 is 38.7 Å². The third-order valence-electron chi connectivity index (χ3n) is 4.52. The topological polar surface area (TPSA) is 20.3 Å². The highest BCUT2D eigenvalue weighted by atomic mass is 79.9. The number of carbonyl (C=O) groups excluding carboxylic acids is 1. The fraction of sp³-hybridized carbons (Fsp3) is 0.316. The van der Waals surface area contributed by atoms with Crippen molar-refractivity contribution in [2.45, 2.75) is 16.7 Å². The largest absolute Gasteiger partial charge is 0.306 e. The van der Waals surface area contributed by atoms with E-state index >= 15 is 0 Å². The number of alkyl halides is 1. The lowest BCUT2D eigenvalue weighted by Gasteiger charge is -2.42. The van der Waals surface area contributed by atoms with Gasteiger partial charge in [0, 0.05) is 18.0 Å². The van der Waals surface area contributed by atoms with Gasteiger partial charge in [-0.3, -0.25) is 4.79 Å². The van der Waals surface area contributed by atoms with Gasteiger partial charge >= 0.3 is 0 Å². The highest BCUT2D eigenvalue weighted by Gasteiger charge is 2.46. The fourth-order valence-electron chi connectivity index (χ4n) is 3.23. The zero-order valence-electron chi connectivity index (χ0n) is 13.1. The maximum Gasteiger partial charge on any atom is 0.180 e. The van der Waals surface area contributed by atoms with E-state index in [9.17, 15) is 4.79 Å². The molecule has 3 rings (SSSR count). The number of piperidine rings is 1. The Morgan fingerprint density at radius 3 is 2.26 bits per heavy atom. The summed E-state index contributed by atoms with van der Waals surface area (Å²) in [7, 11) is 2.12. The molecule has 2 nitrogen and oxygen atoms in total. The zero-order chi connectivity index (χ0) is 15.6. The van der Waals surface area contributed by atoms with Gasteiger partial charge in [0.2, 0.25) is 0 Å². The number of Topliss-reactive ketones (excluding diaryl/α,β-unsaturated/α-hetero) is 1. The molecule has 0 bridgehead atoms. The van der Waals surface area contributed by atoms with Crippen LogP contribution < -0.4 is 0 Å². The number of hydrogen-bond acceptors (Lipinski definition) is 2. The van der Waals surface area contributed by atoms with Crippen LogP contribution in [-0.4, -0.2) is 35.1 Å². The first-order valence-corrected chi connectivity index (χ1v) is 8.43. The van der Waals surface area contributed by atoms with Crippen molar-refractivity contribution in [2.24, 2.45) is 0 Å². The van der Waals surface area contributed by atoms with Gasteiger partial charge in [0.05, 0.1) is 4.32 Å². The van der Waals surface area contributed by atoms with Crippen LogP contribution >= 0.6 is 32.9 Å². The SMILES string of the molecule is Br.CN1CCC(Br)(C(=O)c2ccccc2)C(c2ccccc2)C1.